The normalized spacial score (nSPS) is 11.4. The lowest BCUT2D eigenvalue weighted by Gasteiger charge is -2.15. The fourth-order valence-corrected chi connectivity index (χ4v) is 2.38. The van der Waals surface area contributed by atoms with Gasteiger partial charge in [0.2, 0.25) is 0 Å². The van der Waals surface area contributed by atoms with Gasteiger partial charge in [-0.25, -0.2) is 4.39 Å². The van der Waals surface area contributed by atoms with E-state index in [0.29, 0.717) is 0 Å². The average Bonchev–Trinajstić information content (AvgIpc) is 2.26. The van der Waals surface area contributed by atoms with Gasteiger partial charge < -0.3 is 4.57 Å². The summed E-state index contributed by atoms with van der Waals surface area (Å²) in [7, 11) is 1.73. The summed E-state index contributed by atoms with van der Waals surface area (Å²) < 4.78 is 14.9. The predicted molar refractivity (Wildman–Crippen MR) is 68.0 cm³/mol. The van der Waals surface area contributed by atoms with E-state index in [4.69, 9.17) is 0 Å². The number of rotatable bonds is 1. The minimum absolute atomic E-state index is 0.0107. The van der Waals surface area contributed by atoms with E-state index in [1.165, 1.54) is 12.1 Å². The summed E-state index contributed by atoms with van der Waals surface area (Å²) in [5, 5.41) is 0.816. The molecule has 0 aliphatic rings. The molecule has 3 heteroatoms. The third-order valence-electron chi connectivity index (χ3n) is 3.24. The van der Waals surface area contributed by atoms with Gasteiger partial charge in [0.1, 0.15) is 5.82 Å². The highest BCUT2D eigenvalue weighted by Gasteiger charge is 2.14. The molecule has 2 aromatic rings. The summed E-state index contributed by atoms with van der Waals surface area (Å²) >= 11 is 0. The first kappa shape index (κ1) is 11.8. The second kappa shape index (κ2) is 3.99. The van der Waals surface area contributed by atoms with Crippen molar-refractivity contribution < 1.29 is 4.39 Å². The van der Waals surface area contributed by atoms with Gasteiger partial charge in [-0.15, -0.1) is 0 Å². The number of aromatic nitrogens is 1. The van der Waals surface area contributed by atoms with Gasteiger partial charge >= 0.3 is 0 Å². The van der Waals surface area contributed by atoms with E-state index in [1.54, 1.807) is 17.7 Å². The van der Waals surface area contributed by atoms with Crippen LogP contribution in [0.3, 0.4) is 0 Å². The Morgan fingerprint density at radius 1 is 1.29 bits per heavy atom. The zero-order valence-corrected chi connectivity index (χ0v) is 10.5. The van der Waals surface area contributed by atoms with Crippen LogP contribution in [-0.2, 0) is 7.05 Å². The molecule has 2 rings (SSSR count). The molecule has 1 aromatic carbocycles. The number of hydrogen-bond acceptors (Lipinski definition) is 1. The first-order chi connectivity index (χ1) is 7.93. The van der Waals surface area contributed by atoms with Crippen molar-refractivity contribution in [3.63, 3.8) is 0 Å². The van der Waals surface area contributed by atoms with Crippen LogP contribution < -0.4 is 5.56 Å². The monoisotopic (exact) mass is 233 g/mol. The van der Waals surface area contributed by atoms with Gasteiger partial charge in [-0.2, -0.15) is 0 Å². The fourth-order valence-electron chi connectivity index (χ4n) is 2.38. The van der Waals surface area contributed by atoms with Gasteiger partial charge in [0.25, 0.3) is 5.56 Å². The first-order valence-electron chi connectivity index (χ1n) is 5.72. The first-order valence-corrected chi connectivity index (χ1v) is 5.72. The van der Waals surface area contributed by atoms with Crippen LogP contribution in [0.15, 0.2) is 23.0 Å². The summed E-state index contributed by atoms with van der Waals surface area (Å²) in [5.74, 6) is -0.129. The smallest absolute Gasteiger partial charge is 0.254 e. The molecule has 0 amide bonds. The molecule has 0 aliphatic heterocycles. The molecule has 17 heavy (non-hydrogen) atoms. The molecule has 0 fully saturated rings. The maximum absolute atomic E-state index is 13.3. The molecule has 0 aliphatic carbocycles. The van der Waals surface area contributed by atoms with Gasteiger partial charge in [0.05, 0.1) is 5.52 Å². The lowest BCUT2D eigenvalue weighted by molar-refractivity contribution is 0.629. The van der Waals surface area contributed by atoms with Crippen LogP contribution in [0.4, 0.5) is 4.39 Å². The highest BCUT2D eigenvalue weighted by Crippen LogP contribution is 2.24. The van der Waals surface area contributed by atoms with Crippen LogP contribution in [0.1, 0.15) is 30.9 Å². The Labute approximate surface area is 99.7 Å². The van der Waals surface area contributed by atoms with Gasteiger partial charge in [-0.1, -0.05) is 13.8 Å². The Balaban J connectivity index is 3.01. The molecule has 90 valence electrons. The van der Waals surface area contributed by atoms with E-state index in [1.807, 2.05) is 20.8 Å². The summed E-state index contributed by atoms with van der Waals surface area (Å²) in [6.07, 6.45) is 0. The molecule has 1 heterocycles. The van der Waals surface area contributed by atoms with Gasteiger partial charge in [0.15, 0.2) is 0 Å². The Bertz CT molecular complexity index is 641. The lowest BCUT2D eigenvalue weighted by Crippen LogP contribution is -2.24. The minimum Gasteiger partial charge on any atom is -0.311 e. The molecule has 0 N–H and O–H groups in total. The van der Waals surface area contributed by atoms with Crippen LogP contribution >= 0.6 is 0 Å². The topological polar surface area (TPSA) is 22.0 Å². The van der Waals surface area contributed by atoms with E-state index < -0.39 is 0 Å². The van der Waals surface area contributed by atoms with E-state index in [-0.39, 0.29) is 17.3 Å². The number of halogens is 1. The molecular formula is C14H16FNO. The van der Waals surface area contributed by atoms with Crippen molar-refractivity contribution in [2.24, 2.45) is 7.05 Å². The quantitative estimate of drug-likeness (QED) is 0.741. The zero-order chi connectivity index (χ0) is 12.7. The number of nitrogens with zero attached hydrogens (tertiary/aromatic N) is 1. The largest absolute Gasteiger partial charge is 0.311 e. The summed E-state index contributed by atoms with van der Waals surface area (Å²) in [6.45, 7) is 5.85. The van der Waals surface area contributed by atoms with Gasteiger partial charge in [-0.3, -0.25) is 4.79 Å². The summed E-state index contributed by atoms with van der Waals surface area (Å²) in [5.41, 5.74) is 2.44. The van der Waals surface area contributed by atoms with Crippen molar-refractivity contribution in [2.75, 3.05) is 0 Å². The highest BCUT2D eigenvalue weighted by molar-refractivity contribution is 5.83. The van der Waals surface area contributed by atoms with Crippen LogP contribution in [0, 0.1) is 12.7 Å². The van der Waals surface area contributed by atoms with Crippen LogP contribution in [0.25, 0.3) is 10.9 Å². The molecule has 0 atom stereocenters. The van der Waals surface area contributed by atoms with Crippen molar-refractivity contribution in [3.8, 4) is 0 Å². The minimum atomic E-state index is -0.269. The number of pyridine rings is 1. The molecule has 0 unspecified atom stereocenters. The number of aryl methyl sites for hydroxylation is 2. The molecule has 2 nitrogen and oxygen atoms in total. The summed E-state index contributed by atoms with van der Waals surface area (Å²) in [4.78, 5) is 12.2. The van der Waals surface area contributed by atoms with Crippen LogP contribution in [-0.4, -0.2) is 4.57 Å². The van der Waals surface area contributed by atoms with Crippen molar-refractivity contribution in [2.45, 2.75) is 26.7 Å². The van der Waals surface area contributed by atoms with E-state index in [9.17, 15) is 9.18 Å². The van der Waals surface area contributed by atoms with Gasteiger partial charge in [0, 0.05) is 18.0 Å². The third kappa shape index (κ3) is 1.75. The Morgan fingerprint density at radius 3 is 2.53 bits per heavy atom. The van der Waals surface area contributed by atoms with Crippen molar-refractivity contribution in [1.82, 2.24) is 4.57 Å². The lowest BCUT2D eigenvalue weighted by atomic mass is 9.96. The standard InChI is InChI=1S/C14H16FNO/c1-8(2)13-9(3)11-7-10(15)5-6-12(11)16(4)14(13)17/h5-8H,1-4H3. The second-order valence-corrected chi connectivity index (χ2v) is 4.72. The Morgan fingerprint density at radius 2 is 1.94 bits per heavy atom. The SMILES string of the molecule is Cc1c(C(C)C)c(=O)n(C)c2ccc(F)cc12. The van der Waals surface area contributed by atoms with Crippen molar-refractivity contribution >= 4 is 10.9 Å². The highest BCUT2D eigenvalue weighted by atomic mass is 19.1. The summed E-state index contributed by atoms with van der Waals surface area (Å²) in [6, 6.07) is 4.54. The zero-order valence-electron chi connectivity index (χ0n) is 10.5. The molecule has 0 spiro atoms. The van der Waals surface area contributed by atoms with E-state index >= 15 is 0 Å². The van der Waals surface area contributed by atoms with E-state index in [0.717, 1.165) is 22.0 Å². The maximum Gasteiger partial charge on any atom is 0.254 e. The number of benzene rings is 1. The van der Waals surface area contributed by atoms with Crippen LogP contribution in [0.5, 0.6) is 0 Å². The second-order valence-electron chi connectivity index (χ2n) is 4.72. The molecular weight excluding hydrogens is 217 g/mol. The van der Waals surface area contributed by atoms with Gasteiger partial charge in [-0.05, 0) is 36.6 Å². The molecule has 0 saturated heterocycles. The predicted octanol–water partition coefficient (Wildman–Crippen LogP) is 3.11. The average molecular weight is 233 g/mol. The number of fused-ring (bicyclic) bond motifs is 1. The third-order valence-corrected chi connectivity index (χ3v) is 3.24. The maximum atomic E-state index is 13.3. The Kier molecular flexibility index (Phi) is 2.77. The Hall–Kier alpha value is -1.64. The van der Waals surface area contributed by atoms with Crippen LogP contribution in [0.2, 0.25) is 0 Å². The molecule has 0 bridgehead atoms. The van der Waals surface area contributed by atoms with E-state index in [2.05, 4.69) is 0 Å². The number of hydrogen-bond donors (Lipinski definition) is 0. The molecule has 0 saturated carbocycles. The van der Waals surface area contributed by atoms with Crippen molar-refractivity contribution in [1.29, 1.82) is 0 Å². The molecule has 1 aromatic heterocycles. The fraction of sp³-hybridized carbons (Fsp3) is 0.357. The molecule has 0 radical (unpaired) electrons. The van der Waals surface area contributed by atoms with Crippen molar-refractivity contribution in [3.05, 3.63) is 45.5 Å².